The molecule has 2 aliphatic rings. The van der Waals surface area contributed by atoms with Crippen LogP contribution in [0.3, 0.4) is 0 Å². The zero-order valence-electron chi connectivity index (χ0n) is 18.1. The third kappa shape index (κ3) is 6.18. The van der Waals surface area contributed by atoms with Crippen LogP contribution in [0, 0.1) is 5.92 Å². The van der Waals surface area contributed by atoms with Gasteiger partial charge in [-0.1, -0.05) is 32.1 Å². The highest BCUT2D eigenvalue weighted by molar-refractivity contribution is 7.89. The van der Waals surface area contributed by atoms with Crippen molar-refractivity contribution in [3.05, 3.63) is 18.2 Å². The van der Waals surface area contributed by atoms with Gasteiger partial charge in [-0.25, -0.2) is 8.42 Å². The number of morpholine rings is 1. The number of carbonyl (C=O) groups is 1. The van der Waals surface area contributed by atoms with Crippen LogP contribution in [0.2, 0.25) is 0 Å². The van der Waals surface area contributed by atoms with E-state index in [2.05, 4.69) is 5.32 Å². The van der Waals surface area contributed by atoms with Crippen molar-refractivity contribution in [1.29, 1.82) is 0 Å². The first-order chi connectivity index (χ1) is 14.4. The minimum absolute atomic E-state index is 0.0930. The number of anilines is 1. The first kappa shape index (κ1) is 23.0. The fraction of sp³-hybridized carbons (Fsp3) is 0.682. The van der Waals surface area contributed by atoms with Crippen molar-refractivity contribution in [1.82, 2.24) is 4.31 Å². The normalized spacial score (nSPS) is 19.0. The summed E-state index contributed by atoms with van der Waals surface area (Å²) in [7, 11) is -3.65. The van der Waals surface area contributed by atoms with Gasteiger partial charge in [0.05, 0.1) is 29.9 Å². The molecule has 8 heteroatoms. The molecule has 0 aromatic heterocycles. The maximum absolute atomic E-state index is 13.0. The lowest BCUT2D eigenvalue weighted by Gasteiger charge is -2.26. The van der Waals surface area contributed by atoms with Crippen molar-refractivity contribution in [2.45, 2.75) is 69.8 Å². The fourth-order valence-corrected chi connectivity index (χ4v) is 5.52. The second kappa shape index (κ2) is 10.6. The van der Waals surface area contributed by atoms with Gasteiger partial charge in [0.1, 0.15) is 5.75 Å². The summed E-state index contributed by atoms with van der Waals surface area (Å²) in [5.41, 5.74) is 0.409. The summed E-state index contributed by atoms with van der Waals surface area (Å²) in [5.74, 6) is 0.996. The molecular weight excluding hydrogens is 404 g/mol. The molecule has 1 aliphatic carbocycles. The second-order valence-electron chi connectivity index (χ2n) is 8.43. The number of rotatable bonds is 8. The molecule has 2 fully saturated rings. The molecule has 0 unspecified atom stereocenters. The van der Waals surface area contributed by atoms with Crippen LogP contribution in [0.1, 0.15) is 58.8 Å². The standard InChI is InChI=1S/C22H34N2O5S/c1-17(2)29-21-10-9-19(30(26,27)24-12-14-28-15-13-24)16-20(21)23-22(25)11-8-18-6-4-3-5-7-18/h9-10,16-18H,3-8,11-15H2,1-2H3,(H,23,25). The fourth-order valence-electron chi connectivity index (χ4n) is 4.08. The lowest BCUT2D eigenvalue weighted by Crippen LogP contribution is -2.40. The van der Waals surface area contributed by atoms with E-state index in [-0.39, 0.29) is 16.9 Å². The van der Waals surface area contributed by atoms with Gasteiger partial charge in [-0.2, -0.15) is 4.31 Å². The van der Waals surface area contributed by atoms with Crippen LogP contribution in [0.25, 0.3) is 0 Å². The smallest absolute Gasteiger partial charge is 0.243 e. The van der Waals surface area contributed by atoms with Crippen molar-refractivity contribution in [2.75, 3.05) is 31.6 Å². The molecule has 1 saturated heterocycles. The third-order valence-electron chi connectivity index (χ3n) is 5.70. The summed E-state index contributed by atoms with van der Waals surface area (Å²) in [4.78, 5) is 12.8. The SMILES string of the molecule is CC(C)Oc1ccc(S(=O)(=O)N2CCOCC2)cc1NC(=O)CCC1CCCCC1. The Labute approximate surface area is 180 Å². The summed E-state index contributed by atoms with van der Waals surface area (Å²) < 4.78 is 38.5. The van der Waals surface area contributed by atoms with Crippen LogP contribution in [-0.4, -0.2) is 51.0 Å². The van der Waals surface area contributed by atoms with Crippen molar-refractivity contribution in [2.24, 2.45) is 5.92 Å². The molecule has 1 aromatic rings. The number of nitrogens with one attached hydrogen (secondary N) is 1. The maximum atomic E-state index is 13.0. The van der Waals surface area contributed by atoms with E-state index in [4.69, 9.17) is 9.47 Å². The van der Waals surface area contributed by atoms with Crippen LogP contribution in [0.4, 0.5) is 5.69 Å². The molecular formula is C22H34N2O5S. The van der Waals surface area contributed by atoms with E-state index in [1.165, 1.54) is 42.5 Å². The number of hydrogen-bond acceptors (Lipinski definition) is 5. The Kier molecular flexibility index (Phi) is 8.13. The summed E-state index contributed by atoms with van der Waals surface area (Å²) in [6, 6.07) is 4.69. The predicted octanol–water partition coefficient (Wildman–Crippen LogP) is 3.79. The Bertz CT molecular complexity index is 813. The number of nitrogens with zero attached hydrogens (tertiary/aromatic N) is 1. The number of amides is 1. The number of ether oxygens (including phenoxy) is 2. The van der Waals surface area contributed by atoms with Gasteiger partial charge in [-0.3, -0.25) is 4.79 Å². The molecule has 168 valence electrons. The monoisotopic (exact) mass is 438 g/mol. The lowest BCUT2D eigenvalue weighted by atomic mass is 9.86. The Morgan fingerprint density at radius 1 is 1.20 bits per heavy atom. The lowest BCUT2D eigenvalue weighted by molar-refractivity contribution is -0.116. The first-order valence-corrected chi connectivity index (χ1v) is 12.5. The van der Waals surface area contributed by atoms with Gasteiger partial charge in [-0.05, 0) is 44.4 Å². The Hall–Kier alpha value is -1.64. The molecule has 1 heterocycles. The third-order valence-corrected chi connectivity index (χ3v) is 7.59. The molecule has 3 rings (SSSR count). The Morgan fingerprint density at radius 2 is 1.90 bits per heavy atom. The van der Waals surface area contributed by atoms with Crippen LogP contribution in [-0.2, 0) is 19.6 Å². The van der Waals surface area contributed by atoms with Gasteiger partial charge in [0.2, 0.25) is 15.9 Å². The molecule has 0 bridgehead atoms. The number of benzene rings is 1. The van der Waals surface area contributed by atoms with Crippen molar-refractivity contribution >= 4 is 21.6 Å². The molecule has 30 heavy (non-hydrogen) atoms. The second-order valence-corrected chi connectivity index (χ2v) is 10.4. The summed E-state index contributed by atoms with van der Waals surface area (Å²) in [5, 5.41) is 2.90. The van der Waals surface area contributed by atoms with Crippen LogP contribution < -0.4 is 10.1 Å². The molecule has 1 aliphatic heterocycles. The number of sulfonamides is 1. The molecule has 1 aromatic carbocycles. The zero-order valence-corrected chi connectivity index (χ0v) is 18.9. The van der Waals surface area contributed by atoms with E-state index >= 15 is 0 Å². The topological polar surface area (TPSA) is 84.9 Å². The van der Waals surface area contributed by atoms with Gasteiger partial charge >= 0.3 is 0 Å². The maximum Gasteiger partial charge on any atom is 0.243 e. The van der Waals surface area contributed by atoms with Crippen LogP contribution in [0.5, 0.6) is 5.75 Å². The summed E-state index contributed by atoms with van der Waals surface area (Å²) in [6.45, 7) is 5.22. The van der Waals surface area contributed by atoms with E-state index in [0.717, 1.165) is 6.42 Å². The average molecular weight is 439 g/mol. The quantitative estimate of drug-likeness (QED) is 0.667. The van der Waals surface area contributed by atoms with Crippen LogP contribution >= 0.6 is 0 Å². The molecule has 0 spiro atoms. The average Bonchev–Trinajstić information content (AvgIpc) is 2.74. The first-order valence-electron chi connectivity index (χ1n) is 11.0. The van der Waals surface area contributed by atoms with E-state index in [9.17, 15) is 13.2 Å². The van der Waals surface area contributed by atoms with Crippen molar-refractivity contribution in [3.8, 4) is 5.75 Å². The highest BCUT2D eigenvalue weighted by Gasteiger charge is 2.27. The molecule has 7 nitrogen and oxygen atoms in total. The molecule has 1 N–H and O–H groups in total. The van der Waals surface area contributed by atoms with E-state index in [1.54, 1.807) is 12.1 Å². The molecule has 1 saturated carbocycles. The molecule has 1 amide bonds. The van der Waals surface area contributed by atoms with Crippen molar-refractivity contribution < 1.29 is 22.7 Å². The zero-order chi connectivity index (χ0) is 21.6. The predicted molar refractivity (Wildman–Crippen MR) is 116 cm³/mol. The van der Waals surface area contributed by atoms with Gasteiger partial charge < -0.3 is 14.8 Å². The minimum atomic E-state index is -3.65. The Morgan fingerprint density at radius 3 is 2.57 bits per heavy atom. The van der Waals surface area contributed by atoms with Gasteiger partial charge in [-0.15, -0.1) is 0 Å². The largest absolute Gasteiger partial charge is 0.489 e. The van der Waals surface area contributed by atoms with Gasteiger partial charge in [0.15, 0.2) is 0 Å². The Balaban J connectivity index is 1.74. The summed E-state index contributed by atoms with van der Waals surface area (Å²) >= 11 is 0. The molecule has 0 radical (unpaired) electrons. The van der Waals surface area contributed by atoms with Gasteiger partial charge in [0.25, 0.3) is 0 Å². The van der Waals surface area contributed by atoms with Crippen LogP contribution in [0.15, 0.2) is 23.1 Å². The van der Waals surface area contributed by atoms with E-state index < -0.39 is 10.0 Å². The number of carbonyl (C=O) groups excluding carboxylic acids is 1. The minimum Gasteiger partial charge on any atom is -0.489 e. The highest BCUT2D eigenvalue weighted by Crippen LogP contribution is 2.31. The van der Waals surface area contributed by atoms with E-state index in [1.807, 2.05) is 13.8 Å². The highest BCUT2D eigenvalue weighted by atomic mass is 32.2. The van der Waals surface area contributed by atoms with Gasteiger partial charge in [0, 0.05) is 19.5 Å². The number of hydrogen-bond donors (Lipinski definition) is 1. The van der Waals surface area contributed by atoms with E-state index in [0.29, 0.717) is 50.1 Å². The molecule has 0 atom stereocenters. The van der Waals surface area contributed by atoms with Crippen molar-refractivity contribution in [3.63, 3.8) is 0 Å². The summed E-state index contributed by atoms with van der Waals surface area (Å²) in [6.07, 6.45) is 7.41.